The Hall–Kier alpha value is -0.620. The largest absolute Gasteiger partial charge is 0.277 e. The summed E-state index contributed by atoms with van der Waals surface area (Å²) >= 11 is 0. The molecule has 0 saturated carbocycles. The van der Waals surface area contributed by atoms with E-state index in [-0.39, 0.29) is 0 Å². The van der Waals surface area contributed by atoms with Crippen molar-refractivity contribution in [2.45, 2.75) is 12.2 Å². The van der Waals surface area contributed by atoms with E-state index in [1.807, 2.05) is 5.48 Å². The second-order valence-electron chi connectivity index (χ2n) is 2.14. The van der Waals surface area contributed by atoms with E-state index in [0.717, 1.165) is 6.26 Å². The van der Waals surface area contributed by atoms with Crippen LogP contribution >= 0.6 is 0 Å². The summed E-state index contributed by atoms with van der Waals surface area (Å²) in [5, 5.41) is -1.07. The summed E-state index contributed by atoms with van der Waals surface area (Å²) in [6.07, 6.45) is 0.993. The highest BCUT2D eigenvalue weighted by Gasteiger charge is 2.22. The first kappa shape index (κ1) is 10.4. The zero-order valence-corrected chi connectivity index (χ0v) is 7.44. The first-order valence-electron chi connectivity index (χ1n) is 2.91. The van der Waals surface area contributed by atoms with E-state index in [4.69, 9.17) is 0 Å². The van der Waals surface area contributed by atoms with Gasteiger partial charge in [-0.15, -0.1) is 0 Å². The molecular weight excluding hydrogens is 170 g/mol. The Morgan fingerprint density at radius 1 is 1.55 bits per heavy atom. The van der Waals surface area contributed by atoms with Gasteiger partial charge in [-0.2, -0.15) is 0 Å². The van der Waals surface area contributed by atoms with Crippen molar-refractivity contribution in [3.8, 4) is 0 Å². The maximum atomic E-state index is 10.8. The second-order valence-corrected chi connectivity index (χ2v) is 4.51. The molecule has 0 aromatic heterocycles. The van der Waals surface area contributed by atoms with Crippen LogP contribution in [-0.4, -0.2) is 32.9 Å². The number of hydrogen-bond donors (Lipinski definition) is 1. The molecule has 5 nitrogen and oxygen atoms in total. The van der Waals surface area contributed by atoms with Crippen LogP contribution < -0.4 is 5.48 Å². The highest BCUT2D eigenvalue weighted by atomic mass is 32.2. The molecule has 0 aliphatic carbocycles. The van der Waals surface area contributed by atoms with Crippen molar-refractivity contribution < 1.29 is 18.0 Å². The highest BCUT2D eigenvalue weighted by molar-refractivity contribution is 7.92. The summed E-state index contributed by atoms with van der Waals surface area (Å²) in [5.74, 6) is -0.657. The van der Waals surface area contributed by atoms with Gasteiger partial charge in [-0.25, -0.2) is 13.9 Å². The number of nitrogens with one attached hydrogen (secondary N) is 1. The van der Waals surface area contributed by atoms with E-state index >= 15 is 0 Å². The lowest BCUT2D eigenvalue weighted by atomic mass is 10.5. The van der Waals surface area contributed by atoms with Crippen LogP contribution in [0.1, 0.15) is 6.92 Å². The molecule has 0 radical (unpaired) electrons. The third kappa shape index (κ3) is 3.33. The number of rotatable bonds is 3. The van der Waals surface area contributed by atoms with Crippen LogP contribution in [0.25, 0.3) is 0 Å². The minimum Gasteiger partial charge on any atom is -0.277 e. The number of hydroxylamine groups is 1. The molecule has 0 aliphatic heterocycles. The molecule has 1 atom stereocenters. The summed E-state index contributed by atoms with van der Waals surface area (Å²) in [7, 11) is -2.07. The fraction of sp³-hybridized carbons (Fsp3) is 0.800. The van der Waals surface area contributed by atoms with Gasteiger partial charge in [0.2, 0.25) is 0 Å². The minimum atomic E-state index is -3.32. The first-order valence-corrected chi connectivity index (χ1v) is 4.86. The first-order chi connectivity index (χ1) is 4.89. The van der Waals surface area contributed by atoms with Crippen LogP contribution in [0.15, 0.2) is 0 Å². The van der Waals surface area contributed by atoms with Crippen LogP contribution in [0.2, 0.25) is 0 Å². The fourth-order valence-corrected chi connectivity index (χ4v) is 0.815. The average Bonchev–Trinajstić information content (AvgIpc) is 1.85. The summed E-state index contributed by atoms with van der Waals surface area (Å²) in [5.41, 5.74) is 1.93. The van der Waals surface area contributed by atoms with Gasteiger partial charge < -0.3 is 0 Å². The van der Waals surface area contributed by atoms with Crippen molar-refractivity contribution in [1.82, 2.24) is 5.48 Å². The maximum absolute atomic E-state index is 10.8. The molecule has 1 amide bonds. The molecule has 0 heterocycles. The average molecular weight is 181 g/mol. The van der Waals surface area contributed by atoms with E-state index in [0.29, 0.717) is 0 Å². The lowest BCUT2D eigenvalue weighted by molar-refractivity contribution is -0.130. The molecule has 1 N–H and O–H groups in total. The molecule has 0 bridgehead atoms. The highest BCUT2D eigenvalue weighted by Crippen LogP contribution is 1.96. The summed E-state index contributed by atoms with van der Waals surface area (Å²) in [6, 6.07) is 0. The lowest BCUT2D eigenvalue weighted by Crippen LogP contribution is -2.36. The van der Waals surface area contributed by atoms with Crippen molar-refractivity contribution in [3.05, 3.63) is 0 Å². The zero-order valence-electron chi connectivity index (χ0n) is 6.62. The Morgan fingerprint density at radius 2 is 2.00 bits per heavy atom. The van der Waals surface area contributed by atoms with Crippen LogP contribution in [-0.2, 0) is 19.5 Å². The van der Waals surface area contributed by atoms with Crippen molar-refractivity contribution in [3.63, 3.8) is 0 Å². The molecule has 11 heavy (non-hydrogen) atoms. The predicted molar refractivity (Wildman–Crippen MR) is 39.5 cm³/mol. The topological polar surface area (TPSA) is 72.5 Å². The van der Waals surface area contributed by atoms with Gasteiger partial charge in [-0.1, -0.05) is 0 Å². The normalized spacial score (nSPS) is 14.1. The van der Waals surface area contributed by atoms with Crippen molar-refractivity contribution in [1.29, 1.82) is 0 Å². The Morgan fingerprint density at radius 3 is 2.27 bits per heavy atom. The quantitative estimate of drug-likeness (QED) is 0.572. The van der Waals surface area contributed by atoms with Gasteiger partial charge in [0.05, 0.1) is 7.11 Å². The molecular formula is C5H11NO4S. The van der Waals surface area contributed by atoms with Gasteiger partial charge in [-0.3, -0.25) is 9.63 Å². The monoisotopic (exact) mass is 181 g/mol. The lowest BCUT2D eigenvalue weighted by Gasteiger charge is -2.07. The van der Waals surface area contributed by atoms with Gasteiger partial charge in [0.1, 0.15) is 5.25 Å². The smallest absolute Gasteiger partial charge is 0.261 e. The third-order valence-electron chi connectivity index (χ3n) is 1.21. The number of hydrogen-bond acceptors (Lipinski definition) is 4. The van der Waals surface area contributed by atoms with Crippen molar-refractivity contribution in [2.24, 2.45) is 0 Å². The molecule has 0 rings (SSSR count). The molecule has 0 aromatic rings. The van der Waals surface area contributed by atoms with E-state index in [1.165, 1.54) is 14.0 Å². The summed E-state index contributed by atoms with van der Waals surface area (Å²) in [6.45, 7) is 1.30. The molecule has 66 valence electrons. The van der Waals surface area contributed by atoms with Crippen LogP contribution in [0.5, 0.6) is 0 Å². The third-order valence-corrected chi connectivity index (χ3v) is 2.71. The number of sulfone groups is 1. The molecule has 6 heteroatoms. The molecule has 0 aliphatic rings. The predicted octanol–water partition coefficient (Wildman–Crippen LogP) is -0.903. The van der Waals surface area contributed by atoms with Gasteiger partial charge in [0, 0.05) is 6.26 Å². The van der Waals surface area contributed by atoms with Crippen molar-refractivity contribution in [2.75, 3.05) is 13.4 Å². The van der Waals surface area contributed by atoms with E-state index in [2.05, 4.69) is 4.84 Å². The summed E-state index contributed by atoms with van der Waals surface area (Å²) in [4.78, 5) is 15.0. The Labute approximate surface area is 65.6 Å². The Bertz CT molecular complexity index is 233. The zero-order chi connectivity index (χ0) is 9.07. The van der Waals surface area contributed by atoms with Crippen LogP contribution in [0.3, 0.4) is 0 Å². The van der Waals surface area contributed by atoms with E-state index in [1.54, 1.807) is 0 Å². The molecule has 1 unspecified atom stereocenters. The fourth-order valence-electron chi connectivity index (χ4n) is 0.378. The van der Waals surface area contributed by atoms with Gasteiger partial charge in [0.15, 0.2) is 9.84 Å². The second kappa shape index (κ2) is 3.68. The van der Waals surface area contributed by atoms with Gasteiger partial charge in [0.25, 0.3) is 5.91 Å². The number of carbonyl (C=O) groups excluding carboxylic acids is 1. The van der Waals surface area contributed by atoms with Crippen molar-refractivity contribution >= 4 is 15.7 Å². The standard InChI is InChI=1S/C5H11NO4S/c1-4(11(3,8)9)5(7)6-10-2/h4H,1-3H3,(H,6,7). The van der Waals surface area contributed by atoms with E-state index < -0.39 is 21.0 Å². The van der Waals surface area contributed by atoms with Gasteiger partial charge >= 0.3 is 0 Å². The van der Waals surface area contributed by atoms with Crippen LogP contribution in [0.4, 0.5) is 0 Å². The Balaban J connectivity index is 4.27. The van der Waals surface area contributed by atoms with E-state index in [9.17, 15) is 13.2 Å². The summed E-state index contributed by atoms with van der Waals surface area (Å²) < 4.78 is 21.5. The number of carbonyl (C=O) groups is 1. The van der Waals surface area contributed by atoms with Crippen LogP contribution in [0, 0.1) is 0 Å². The molecule has 0 fully saturated rings. The number of amides is 1. The van der Waals surface area contributed by atoms with Gasteiger partial charge in [-0.05, 0) is 6.92 Å². The molecule has 0 spiro atoms. The SMILES string of the molecule is CONC(=O)C(C)S(C)(=O)=O. The molecule has 0 aromatic carbocycles. The maximum Gasteiger partial charge on any atom is 0.261 e. The Kier molecular flexibility index (Phi) is 3.47. The molecule has 0 saturated heterocycles. The minimum absolute atomic E-state index is 0.657.